The van der Waals surface area contributed by atoms with Crippen LogP contribution in [0.15, 0.2) is 64.2 Å². The second-order valence-corrected chi connectivity index (χ2v) is 8.00. The van der Waals surface area contributed by atoms with Crippen molar-refractivity contribution >= 4 is 11.2 Å². The monoisotopic (exact) mass is 486 g/mol. The number of nitrogens with zero attached hydrogens (tertiary/aromatic N) is 4. The normalized spacial score (nSPS) is 11.7. The van der Waals surface area contributed by atoms with Gasteiger partial charge in [-0.2, -0.15) is 13.8 Å². The van der Waals surface area contributed by atoms with E-state index in [2.05, 4.69) is 9.72 Å². The van der Waals surface area contributed by atoms with Gasteiger partial charge < -0.3 is 14.6 Å². The molecule has 9 nitrogen and oxygen atoms in total. The van der Waals surface area contributed by atoms with Crippen LogP contribution in [-0.4, -0.2) is 36.5 Å². The quantitative estimate of drug-likeness (QED) is 0.390. The molecule has 4 aromatic rings. The molecule has 0 amide bonds. The average Bonchev–Trinajstić information content (AvgIpc) is 3.16. The van der Waals surface area contributed by atoms with Gasteiger partial charge in [0.05, 0.1) is 6.54 Å². The minimum absolute atomic E-state index is 0.0446. The van der Waals surface area contributed by atoms with Crippen LogP contribution in [0.5, 0.6) is 17.5 Å². The standard InChI is InChI=1S/C24H24F2N4O5/c1-24(25,26)35-18-11-9-17(10-12-18)34-22-27-20-19(30(22)15-16-7-4-3-5-8-16)21(32)29(13-6-14-31)23(33)28(20)2/h3-5,7-12,31H,6,13-15H2,1-2H3. The molecule has 0 aliphatic heterocycles. The van der Waals surface area contributed by atoms with E-state index in [0.717, 1.165) is 10.1 Å². The first-order chi connectivity index (χ1) is 16.7. The summed E-state index contributed by atoms with van der Waals surface area (Å²) in [5.74, 6) is 0.226. The average molecular weight is 486 g/mol. The molecule has 1 N–H and O–H groups in total. The Morgan fingerprint density at radius 3 is 2.29 bits per heavy atom. The van der Waals surface area contributed by atoms with Crippen LogP contribution in [0.2, 0.25) is 0 Å². The van der Waals surface area contributed by atoms with Crippen LogP contribution in [0.25, 0.3) is 11.2 Å². The summed E-state index contributed by atoms with van der Waals surface area (Å²) in [6.45, 7) is 0.744. The van der Waals surface area contributed by atoms with Gasteiger partial charge in [0.15, 0.2) is 11.2 Å². The first-order valence-corrected chi connectivity index (χ1v) is 10.9. The molecule has 0 bridgehead atoms. The Bertz CT molecular complexity index is 1440. The highest BCUT2D eigenvalue weighted by atomic mass is 19.3. The minimum Gasteiger partial charge on any atom is -0.433 e. The van der Waals surface area contributed by atoms with Crippen LogP contribution in [0, 0.1) is 0 Å². The van der Waals surface area contributed by atoms with Gasteiger partial charge in [0.2, 0.25) is 0 Å². The van der Waals surface area contributed by atoms with Crippen molar-refractivity contribution < 1.29 is 23.4 Å². The molecule has 0 saturated carbocycles. The molecule has 2 aromatic heterocycles. The zero-order valence-corrected chi connectivity index (χ0v) is 19.1. The number of fused-ring (bicyclic) bond motifs is 1. The molecule has 2 aromatic carbocycles. The van der Waals surface area contributed by atoms with Crippen LogP contribution < -0.4 is 20.7 Å². The summed E-state index contributed by atoms with van der Waals surface area (Å²) in [5, 5.41) is 9.18. The van der Waals surface area contributed by atoms with E-state index in [0.29, 0.717) is 6.92 Å². The van der Waals surface area contributed by atoms with E-state index in [1.54, 1.807) is 4.57 Å². The van der Waals surface area contributed by atoms with Gasteiger partial charge in [-0.1, -0.05) is 30.3 Å². The van der Waals surface area contributed by atoms with Crippen LogP contribution in [0.4, 0.5) is 8.78 Å². The minimum atomic E-state index is -3.33. The number of rotatable bonds is 9. The van der Waals surface area contributed by atoms with Crippen molar-refractivity contribution in [3.05, 3.63) is 81.0 Å². The Kier molecular flexibility index (Phi) is 6.70. The molecule has 35 heavy (non-hydrogen) atoms. The number of imidazole rings is 1. The Morgan fingerprint density at radius 2 is 1.66 bits per heavy atom. The van der Waals surface area contributed by atoms with Crippen LogP contribution in [0.1, 0.15) is 18.9 Å². The molecule has 0 fully saturated rings. The first-order valence-electron chi connectivity index (χ1n) is 10.9. The Morgan fingerprint density at radius 1 is 1.00 bits per heavy atom. The fourth-order valence-corrected chi connectivity index (χ4v) is 3.66. The molecule has 0 atom stereocenters. The maximum absolute atomic E-state index is 13.3. The van der Waals surface area contributed by atoms with Gasteiger partial charge in [-0.15, -0.1) is 0 Å². The Balaban J connectivity index is 1.82. The second-order valence-electron chi connectivity index (χ2n) is 8.00. The highest BCUT2D eigenvalue weighted by Gasteiger charge is 2.24. The molecule has 0 radical (unpaired) electrons. The van der Waals surface area contributed by atoms with Gasteiger partial charge in [0.25, 0.3) is 5.56 Å². The molecule has 0 unspecified atom stereocenters. The lowest BCUT2D eigenvalue weighted by atomic mass is 10.2. The van der Waals surface area contributed by atoms with Gasteiger partial charge in [0, 0.05) is 27.1 Å². The summed E-state index contributed by atoms with van der Waals surface area (Å²) in [5.41, 5.74) is 0.0459. The summed E-state index contributed by atoms with van der Waals surface area (Å²) < 4.78 is 40.6. The van der Waals surface area contributed by atoms with E-state index in [4.69, 9.17) is 4.74 Å². The number of hydrogen-bond donors (Lipinski definition) is 1. The van der Waals surface area contributed by atoms with E-state index in [1.165, 1.54) is 35.9 Å². The summed E-state index contributed by atoms with van der Waals surface area (Å²) in [7, 11) is 1.50. The van der Waals surface area contributed by atoms with Gasteiger partial charge in [-0.05, 0) is 36.2 Å². The summed E-state index contributed by atoms with van der Waals surface area (Å²) in [6.07, 6.45) is -3.09. The molecular formula is C24H24F2N4O5. The Labute approximate surface area is 198 Å². The fraction of sp³-hybridized carbons (Fsp3) is 0.292. The van der Waals surface area contributed by atoms with Gasteiger partial charge in [-0.3, -0.25) is 18.5 Å². The van der Waals surface area contributed by atoms with Crippen LogP contribution in [-0.2, 0) is 20.1 Å². The zero-order valence-electron chi connectivity index (χ0n) is 19.1. The fourth-order valence-electron chi connectivity index (χ4n) is 3.66. The lowest BCUT2D eigenvalue weighted by Gasteiger charge is -2.13. The van der Waals surface area contributed by atoms with Crippen molar-refractivity contribution in [3.63, 3.8) is 0 Å². The number of halogens is 2. The number of ether oxygens (including phenoxy) is 2. The van der Waals surface area contributed by atoms with Crippen molar-refractivity contribution in [2.75, 3.05) is 6.61 Å². The number of alkyl halides is 2. The molecule has 0 aliphatic carbocycles. The van der Waals surface area contributed by atoms with Crippen molar-refractivity contribution in [2.24, 2.45) is 7.05 Å². The van der Waals surface area contributed by atoms with Crippen molar-refractivity contribution in [1.29, 1.82) is 0 Å². The molecule has 0 spiro atoms. The van der Waals surface area contributed by atoms with Crippen molar-refractivity contribution in [2.45, 2.75) is 32.5 Å². The predicted molar refractivity (Wildman–Crippen MR) is 124 cm³/mol. The van der Waals surface area contributed by atoms with Crippen molar-refractivity contribution in [1.82, 2.24) is 18.7 Å². The second kappa shape index (κ2) is 9.71. The predicted octanol–water partition coefficient (Wildman–Crippen LogP) is 3.11. The number of aliphatic hydroxyl groups is 1. The SMILES string of the molecule is Cn1c(=O)n(CCCO)c(=O)c2c1nc(Oc1ccc(OC(C)(F)F)cc1)n2Cc1ccccc1. The molecule has 11 heteroatoms. The maximum atomic E-state index is 13.3. The van der Waals surface area contributed by atoms with E-state index < -0.39 is 17.4 Å². The molecule has 0 aliphatic rings. The van der Waals surface area contributed by atoms with Gasteiger partial charge in [-0.25, -0.2) is 4.79 Å². The van der Waals surface area contributed by atoms with Gasteiger partial charge >= 0.3 is 17.8 Å². The van der Waals surface area contributed by atoms with Gasteiger partial charge in [0.1, 0.15) is 11.5 Å². The molecule has 4 rings (SSSR count). The first kappa shape index (κ1) is 24.1. The zero-order chi connectivity index (χ0) is 25.2. The molecular weight excluding hydrogens is 462 g/mol. The maximum Gasteiger partial charge on any atom is 0.394 e. The number of aryl methyl sites for hydroxylation is 1. The van der Waals surface area contributed by atoms with E-state index in [1.807, 2.05) is 30.3 Å². The molecule has 0 saturated heterocycles. The smallest absolute Gasteiger partial charge is 0.394 e. The molecule has 2 heterocycles. The third-order valence-corrected chi connectivity index (χ3v) is 5.25. The highest BCUT2D eigenvalue weighted by molar-refractivity contribution is 5.72. The third-order valence-electron chi connectivity index (χ3n) is 5.25. The summed E-state index contributed by atoms with van der Waals surface area (Å²) >= 11 is 0. The van der Waals surface area contributed by atoms with E-state index in [-0.39, 0.29) is 54.8 Å². The summed E-state index contributed by atoms with van der Waals surface area (Å²) in [6, 6.07) is 14.9. The Hall–Kier alpha value is -3.99. The van der Waals surface area contributed by atoms with E-state index in [9.17, 15) is 23.5 Å². The third kappa shape index (κ3) is 5.24. The number of benzene rings is 2. The number of aromatic nitrogens is 4. The number of aliphatic hydroxyl groups excluding tert-OH is 1. The summed E-state index contributed by atoms with van der Waals surface area (Å²) in [4.78, 5) is 30.5. The largest absolute Gasteiger partial charge is 0.433 e. The number of hydrogen-bond acceptors (Lipinski definition) is 6. The highest BCUT2D eigenvalue weighted by Crippen LogP contribution is 2.28. The van der Waals surface area contributed by atoms with Crippen LogP contribution >= 0.6 is 0 Å². The van der Waals surface area contributed by atoms with Crippen LogP contribution in [0.3, 0.4) is 0 Å². The van der Waals surface area contributed by atoms with E-state index >= 15 is 0 Å². The van der Waals surface area contributed by atoms with Crippen molar-refractivity contribution in [3.8, 4) is 17.5 Å². The molecule has 184 valence electrons. The lowest BCUT2D eigenvalue weighted by molar-refractivity contribution is -0.158. The lowest BCUT2D eigenvalue weighted by Crippen LogP contribution is -2.39. The topological polar surface area (TPSA) is 101 Å².